The number of fused-ring (bicyclic) bond motifs is 1. The van der Waals surface area contributed by atoms with E-state index in [2.05, 4.69) is 11.9 Å². The van der Waals surface area contributed by atoms with Gasteiger partial charge in [0.15, 0.2) is 0 Å². The lowest BCUT2D eigenvalue weighted by Gasteiger charge is -2.16. The molecule has 0 fully saturated rings. The molecule has 0 aliphatic rings. The second-order valence-electron chi connectivity index (χ2n) is 4.72. The summed E-state index contributed by atoms with van der Waals surface area (Å²) in [7, 11) is -3.80. The van der Waals surface area contributed by atoms with E-state index in [1.807, 2.05) is 6.92 Å². The largest absolute Gasteiger partial charge is 0.490 e. The molecule has 0 aliphatic carbocycles. The molecular weight excluding hydrogens is 276 g/mol. The molecule has 6 heteroatoms. The number of rotatable bonds is 5. The SMILES string of the molecule is CCCC(C)Oc1ccc(S(N)(=O)=O)c2ncccc12. The van der Waals surface area contributed by atoms with Gasteiger partial charge < -0.3 is 4.74 Å². The molecule has 1 unspecified atom stereocenters. The summed E-state index contributed by atoms with van der Waals surface area (Å²) in [4.78, 5) is 4.14. The van der Waals surface area contributed by atoms with E-state index in [9.17, 15) is 8.42 Å². The fourth-order valence-electron chi connectivity index (χ4n) is 2.14. The van der Waals surface area contributed by atoms with Crippen LogP contribution >= 0.6 is 0 Å². The number of benzene rings is 1. The van der Waals surface area contributed by atoms with Gasteiger partial charge in [-0.15, -0.1) is 0 Å². The second-order valence-corrected chi connectivity index (χ2v) is 6.25. The molecule has 0 radical (unpaired) electrons. The summed E-state index contributed by atoms with van der Waals surface area (Å²) in [5, 5.41) is 5.87. The van der Waals surface area contributed by atoms with Crippen molar-refractivity contribution in [2.45, 2.75) is 37.7 Å². The highest BCUT2D eigenvalue weighted by molar-refractivity contribution is 7.89. The Labute approximate surface area is 118 Å². The van der Waals surface area contributed by atoms with Crippen molar-refractivity contribution >= 4 is 20.9 Å². The van der Waals surface area contributed by atoms with Crippen LogP contribution in [0, 0.1) is 0 Å². The molecule has 0 aliphatic heterocycles. The third kappa shape index (κ3) is 3.08. The summed E-state index contributed by atoms with van der Waals surface area (Å²) in [6.45, 7) is 4.07. The number of sulfonamides is 1. The first-order valence-corrected chi connectivity index (χ1v) is 8.05. The number of hydrogen-bond donors (Lipinski definition) is 1. The van der Waals surface area contributed by atoms with Crippen LogP contribution in [0.4, 0.5) is 0 Å². The number of hydrogen-bond acceptors (Lipinski definition) is 4. The van der Waals surface area contributed by atoms with Crippen molar-refractivity contribution in [1.82, 2.24) is 4.98 Å². The van der Waals surface area contributed by atoms with Crippen molar-refractivity contribution < 1.29 is 13.2 Å². The van der Waals surface area contributed by atoms with Crippen LogP contribution in [0.3, 0.4) is 0 Å². The van der Waals surface area contributed by atoms with Gasteiger partial charge in [-0.3, -0.25) is 4.98 Å². The Bertz CT molecular complexity index is 713. The zero-order valence-electron chi connectivity index (χ0n) is 11.5. The lowest BCUT2D eigenvalue weighted by atomic mass is 10.2. The Morgan fingerprint density at radius 2 is 2.10 bits per heavy atom. The van der Waals surface area contributed by atoms with Crippen molar-refractivity contribution in [3.8, 4) is 5.75 Å². The maximum Gasteiger partial charge on any atom is 0.240 e. The molecule has 20 heavy (non-hydrogen) atoms. The van der Waals surface area contributed by atoms with E-state index >= 15 is 0 Å². The topological polar surface area (TPSA) is 82.3 Å². The summed E-state index contributed by atoms with van der Waals surface area (Å²) in [6, 6.07) is 6.60. The average Bonchev–Trinajstić information content (AvgIpc) is 2.38. The molecule has 0 bridgehead atoms. The quantitative estimate of drug-likeness (QED) is 0.918. The van der Waals surface area contributed by atoms with Gasteiger partial charge in [-0.05, 0) is 37.6 Å². The van der Waals surface area contributed by atoms with Crippen LogP contribution < -0.4 is 9.88 Å². The van der Waals surface area contributed by atoms with Crippen LogP contribution in [-0.2, 0) is 10.0 Å². The Kier molecular flexibility index (Phi) is 4.25. The molecular formula is C14H18N2O3S. The predicted molar refractivity (Wildman–Crippen MR) is 78.1 cm³/mol. The van der Waals surface area contributed by atoms with Gasteiger partial charge in [0, 0.05) is 11.6 Å². The molecule has 0 saturated heterocycles. The molecule has 108 valence electrons. The third-order valence-corrected chi connectivity index (χ3v) is 3.97. The van der Waals surface area contributed by atoms with E-state index in [1.165, 1.54) is 12.3 Å². The molecule has 1 aromatic carbocycles. The second kappa shape index (κ2) is 5.76. The van der Waals surface area contributed by atoms with Crippen LogP contribution in [0.1, 0.15) is 26.7 Å². The number of ether oxygens (including phenoxy) is 1. The van der Waals surface area contributed by atoms with Gasteiger partial charge >= 0.3 is 0 Å². The number of pyridine rings is 1. The van der Waals surface area contributed by atoms with Crippen LogP contribution in [0.2, 0.25) is 0 Å². The Balaban J connectivity index is 2.55. The number of primary sulfonamides is 1. The van der Waals surface area contributed by atoms with Crippen molar-refractivity contribution in [2.75, 3.05) is 0 Å². The van der Waals surface area contributed by atoms with Crippen LogP contribution in [-0.4, -0.2) is 19.5 Å². The molecule has 5 nitrogen and oxygen atoms in total. The van der Waals surface area contributed by atoms with Crippen molar-refractivity contribution in [1.29, 1.82) is 0 Å². The fourth-order valence-corrected chi connectivity index (χ4v) is 2.83. The minimum Gasteiger partial charge on any atom is -0.490 e. The monoisotopic (exact) mass is 294 g/mol. The van der Waals surface area contributed by atoms with Gasteiger partial charge in [-0.1, -0.05) is 13.3 Å². The highest BCUT2D eigenvalue weighted by atomic mass is 32.2. The summed E-state index contributed by atoms with van der Waals surface area (Å²) >= 11 is 0. The highest BCUT2D eigenvalue weighted by Crippen LogP contribution is 2.30. The maximum atomic E-state index is 11.6. The third-order valence-electron chi connectivity index (χ3n) is 3.02. The fraction of sp³-hybridized carbons (Fsp3) is 0.357. The average molecular weight is 294 g/mol. The number of nitrogens with zero attached hydrogens (tertiary/aromatic N) is 1. The molecule has 0 amide bonds. The van der Waals surface area contributed by atoms with E-state index in [-0.39, 0.29) is 11.0 Å². The molecule has 2 rings (SSSR count). The Morgan fingerprint density at radius 3 is 2.75 bits per heavy atom. The van der Waals surface area contributed by atoms with Crippen molar-refractivity contribution in [2.24, 2.45) is 5.14 Å². The number of nitrogens with two attached hydrogens (primary N) is 1. The molecule has 1 atom stereocenters. The van der Waals surface area contributed by atoms with Crippen LogP contribution in [0.25, 0.3) is 10.9 Å². The summed E-state index contributed by atoms with van der Waals surface area (Å²) < 4.78 is 29.0. The van der Waals surface area contributed by atoms with E-state index in [0.717, 1.165) is 12.8 Å². The van der Waals surface area contributed by atoms with E-state index in [4.69, 9.17) is 9.88 Å². The zero-order chi connectivity index (χ0) is 14.8. The maximum absolute atomic E-state index is 11.6. The van der Waals surface area contributed by atoms with Gasteiger partial charge in [0.25, 0.3) is 0 Å². The van der Waals surface area contributed by atoms with E-state index < -0.39 is 10.0 Å². The molecule has 0 spiro atoms. The Morgan fingerprint density at radius 1 is 1.35 bits per heavy atom. The van der Waals surface area contributed by atoms with Gasteiger partial charge in [0.05, 0.1) is 11.6 Å². The summed E-state index contributed by atoms with van der Waals surface area (Å²) in [6.07, 6.45) is 3.55. The van der Waals surface area contributed by atoms with Crippen LogP contribution in [0.5, 0.6) is 5.75 Å². The molecule has 0 saturated carbocycles. The first-order chi connectivity index (χ1) is 9.43. The lowest BCUT2D eigenvalue weighted by molar-refractivity contribution is 0.212. The summed E-state index contributed by atoms with van der Waals surface area (Å²) in [5.74, 6) is 0.626. The van der Waals surface area contributed by atoms with Gasteiger partial charge in [-0.2, -0.15) is 0 Å². The van der Waals surface area contributed by atoms with E-state index in [0.29, 0.717) is 16.7 Å². The summed E-state index contributed by atoms with van der Waals surface area (Å²) in [5.41, 5.74) is 0.344. The van der Waals surface area contributed by atoms with Crippen molar-refractivity contribution in [3.63, 3.8) is 0 Å². The van der Waals surface area contributed by atoms with E-state index in [1.54, 1.807) is 18.2 Å². The normalized spacial score (nSPS) is 13.3. The zero-order valence-corrected chi connectivity index (χ0v) is 12.4. The molecule has 1 aromatic heterocycles. The van der Waals surface area contributed by atoms with Crippen LogP contribution in [0.15, 0.2) is 35.4 Å². The van der Waals surface area contributed by atoms with Gasteiger partial charge in [0.2, 0.25) is 10.0 Å². The number of aromatic nitrogens is 1. The standard InChI is InChI=1S/C14H18N2O3S/c1-3-5-10(2)19-12-7-8-13(20(15,17)18)14-11(12)6-4-9-16-14/h4,6-10H,3,5H2,1-2H3,(H2,15,17,18). The smallest absolute Gasteiger partial charge is 0.240 e. The molecule has 2 N–H and O–H groups in total. The first kappa shape index (κ1) is 14.7. The molecule has 2 aromatic rings. The first-order valence-electron chi connectivity index (χ1n) is 6.50. The van der Waals surface area contributed by atoms with Gasteiger partial charge in [-0.25, -0.2) is 13.6 Å². The van der Waals surface area contributed by atoms with Crippen molar-refractivity contribution in [3.05, 3.63) is 30.5 Å². The molecule has 1 heterocycles. The predicted octanol–water partition coefficient (Wildman–Crippen LogP) is 2.45. The minimum absolute atomic E-state index is 0.0172. The highest BCUT2D eigenvalue weighted by Gasteiger charge is 2.17. The van der Waals surface area contributed by atoms with Gasteiger partial charge in [0.1, 0.15) is 10.6 Å². The Hall–Kier alpha value is -1.66. The minimum atomic E-state index is -3.80. The lowest BCUT2D eigenvalue weighted by Crippen LogP contribution is -2.14.